The van der Waals surface area contributed by atoms with Crippen LogP contribution in [0.25, 0.3) is 0 Å². The number of hydrogen-bond donors (Lipinski definition) is 1. The predicted molar refractivity (Wildman–Crippen MR) is 84.3 cm³/mol. The van der Waals surface area contributed by atoms with E-state index in [0.717, 1.165) is 17.5 Å². The van der Waals surface area contributed by atoms with Crippen LogP contribution in [0.3, 0.4) is 0 Å². The van der Waals surface area contributed by atoms with E-state index in [9.17, 15) is 8.76 Å². The number of benzene rings is 1. The molecule has 1 aromatic carbocycles. The van der Waals surface area contributed by atoms with Gasteiger partial charge in [-0.25, -0.2) is 4.21 Å². The summed E-state index contributed by atoms with van der Waals surface area (Å²) in [5, 5.41) is 0. The molecule has 2 rings (SSSR count). The van der Waals surface area contributed by atoms with E-state index in [0.29, 0.717) is 28.6 Å². The zero-order valence-corrected chi connectivity index (χ0v) is 13.7. The maximum atomic E-state index is 11.8. The first-order chi connectivity index (χ1) is 9.41. The fourth-order valence-corrected chi connectivity index (χ4v) is 4.53. The van der Waals surface area contributed by atoms with E-state index in [-0.39, 0.29) is 0 Å². The molecule has 0 bridgehead atoms. The van der Waals surface area contributed by atoms with Gasteiger partial charge in [-0.1, -0.05) is 45.4 Å². The van der Waals surface area contributed by atoms with E-state index in [2.05, 4.69) is 26.8 Å². The van der Waals surface area contributed by atoms with Crippen LogP contribution in [-0.4, -0.2) is 8.76 Å². The van der Waals surface area contributed by atoms with E-state index >= 15 is 0 Å². The third kappa shape index (κ3) is 3.15. The summed E-state index contributed by atoms with van der Waals surface area (Å²) >= 11 is -1.89. The van der Waals surface area contributed by atoms with Gasteiger partial charge in [0.15, 0.2) is 11.1 Å². The molecule has 20 heavy (non-hydrogen) atoms. The summed E-state index contributed by atoms with van der Waals surface area (Å²) in [6, 6.07) is 6.02. The Morgan fingerprint density at radius 2 is 2.00 bits per heavy atom. The molecule has 1 fully saturated rings. The van der Waals surface area contributed by atoms with Crippen molar-refractivity contribution in [3.63, 3.8) is 0 Å². The first-order valence-corrected chi connectivity index (χ1v) is 8.72. The van der Waals surface area contributed by atoms with Crippen molar-refractivity contribution in [3.05, 3.63) is 29.3 Å². The van der Waals surface area contributed by atoms with Gasteiger partial charge in [-0.05, 0) is 54.6 Å². The molecule has 0 saturated heterocycles. The highest BCUT2D eigenvalue weighted by atomic mass is 32.2. The summed E-state index contributed by atoms with van der Waals surface area (Å²) in [6.45, 7) is 8.79. The van der Waals surface area contributed by atoms with E-state index in [1.807, 2.05) is 19.1 Å². The maximum absolute atomic E-state index is 11.8. The molecule has 1 aliphatic rings. The molecular formula is C17H26O2S. The van der Waals surface area contributed by atoms with Gasteiger partial charge in [0.1, 0.15) is 0 Å². The summed E-state index contributed by atoms with van der Waals surface area (Å²) in [4.78, 5) is 0.650. The van der Waals surface area contributed by atoms with Crippen LogP contribution >= 0.6 is 0 Å². The standard InChI is InChI=1S/C17H26O2S/c1-11(2)14-9-8-12(3)10-16(14)15-7-5-6-13(4)17(15)20(18)19/h5-7,11-12,14,16H,8-10H2,1-4H3,(H,18,19). The second kappa shape index (κ2) is 6.40. The van der Waals surface area contributed by atoms with Crippen molar-refractivity contribution in [1.29, 1.82) is 0 Å². The van der Waals surface area contributed by atoms with Gasteiger partial charge in [-0.2, -0.15) is 0 Å². The van der Waals surface area contributed by atoms with Gasteiger partial charge in [0, 0.05) is 0 Å². The van der Waals surface area contributed by atoms with Crippen molar-refractivity contribution in [3.8, 4) is 0 Å². The molecule has 4 unspecified atom stereocenters. The summed E-state index contributed by atoms with van der Waals surface area (Å²) in [5.74, 6) is 2.36. The molecule has 0 radical (unpaired) electrons. The molecule has 0 spiro atoms. The lowest BCUT2D eigenvalue weighted by molar-refractivity contribution is 0.195. The minimum Gasteiger partial charge on any atom is -0.302 e. The highest BCUT2D eigenvalue weighted by molar-refractivity contribution is 7.79. The van der Waals surface area contributed by atoms with Gasteiger partial charge in [0.25, 0.3) is 0 Å². The SMILES string of the molecule is Cc1cccc(C2CC(C)CCC2C(C)C)c1S(=O)O. The van der Waals surface area contributed by atoms with Crippen LogP contribution in [-0.2, 0) is 11.1 Å². The molecule has 1 N–H and O–H groups in total. The number of rotatable bonds is 3. The average molecular weight is 294 g/mol. The monoisotopic (exact) mass is 294 g/mol. The first kappa shape index (κ1) is 15.7. The lowest BCUT2D eigenvalue weighted by Gasteiger charge is -2.38. The summed E-state index contributed by atoms with van der Waals surface area (Å²) in [5.41, 5.74) is 2.04. The van der Waals surface area contributed by atoms with E-state index in [1.54, 1.807) is 0 Å². The average Bonchev–Trinajstić information content (AvgIpc) is 2.37. The van der Waals surface area contributed by atoms with Crippen molar-refractivity contribution < 1.29 is 8.76 Å². The molecule has 2 nitrogen and oxygen atoms in total. The summed E-state index contributed by atoms with van der Waals surface area (Å²) in [6.07, 6.45) is 3.65. The Morgan fingerprint density at radius 3 is 2.60 bits per heavy atom. The third-order valence-corrected chi connectivity index (χ3v) is 5.75. The molecule has 112 valence electrons. The second-order valence-electron chi connectivity index (χ2n) is 6.68. The zero-order chi connectivity index (χ0) is 14.9. The van der Waals surface area contributed by atoms with Crippen LogP contribution in [0.15, 0.2) is 23.1 Å². The van der Waals surface area contributed by atoms with Crippen LogP contribution < -0.4 is 0 Å². The van der Waals surface area contributed by atoms with Gasteiger partial charge < -0.3 is 4.55 Å². The van der Waals surface area contributed by atoms with Crippen LogP contribution in [0.1, 0.15) is 57.1 Å². The molecule has 1 aromatic rings. The van der Waals surface area contributed by atoms with Crippen molar-refractivity contribution in [1.82, 2.24) is 0 Å². The molecule has 0 aromatic heterocycles. The van der Waals surface area contributed by atoms with Crippen LogP contribution in [0.2, 0.25) is 0 Å². The fraction of sp³-hybridized carbons (Fsp3) is 0.647. The highest BCUT2D eigenvalue weighted by Gasteiger charge is 2.33. The second-order valence-corrected chi connectivity index (χ2v) is 7.58. The predicted octanol–water partition coefficient (Wildman–Crippen LogP) is 4.75. The van der Waals surface area contributed by atoms with Gasteiger partial charge >= 0.3 is 0 Å². The summed E-state index contributed by atoms with van der Waals surface area (Å²) < 4.78 is 21.4. The normalized spacial score (nSPS) is 28.6. The Labute approximate surface area is 125 Å². The molecule has 3 heteroatoms. The minimum atomic E-state index is -1.89. The van der Waals surface area contributed by atoms with Crippen LogP contribution in [0.4, 0.5) is 0 Å². The van der Waals surface area contributed by atoms with Crippen LogP contribution in [0, 0.1) is 24.7 Å². The third-order valence-electron chi connectivity index (χ3n) is 4.84. The quantitative estimate of drug-likeness (QED) is 0.817. The van der Waals surface area contributed by atoms with Gasteiger partial charge in [-0.3, -0.25) is 0 Å². The Balaban J connectivity index is 2.46. The van der Waals surface area contributed by atoms with Gasteiger partial charge in [0.05, 0.1) is 4.90 Å². The Morgan fingerprint density at radius 1 is 1.30 bits per heavy atom. The van der Waals surface area contributed by atoms with Gasteiger partial charge in [-0.15, -0.1) is 0 Å². The van der Waals surface area contributed by atoms with Gasteiger partial charge in [0.2, 0.25) is 0 Å². The molecule has 0 aliphatic heterocycles. The largest absolute Gasteiger partial charge is 0.302 e. The van der Waals surface area contributed by atoms with Crippen molar-refractivity contribution in [2.24, 2.45) is 17.8 Å². The van der Waals surface area contributed by atoms with Crippen LogP contribution in [0.5, 0.6) is 0 Å². The molecule has 0 heterocycles. The van der Waals surface area contributed by atoms with Crippen molar-refractivity contribution in [2.75, 3.05) is 0 Å². The number of aryl methyl sites for hydroxylation is 1. The smallest absolute Gasteiger partial charge is 0.187 e. The fourth-order valence-electron chi connectivity index (χ4n) is 3.77. The topological polar surface area (TPSA) is 37.3 Å². The Bertz CT molecular complexity index is 496. The lowest BCUT2D eigenvalue weighted by Crippen LogP contribution is -2.27. The molecule has 1 aliphatic carbocycles. The summed E-state index contributed by atoms with van der Waals surface area (Å²) in [7, 11) is 0. The minimum absolute atomic E-state index is 0.421. The number of hydrogen-bond acceptors (Lipinski definition) is 1. The molecule has 1 saturated carbocycles. The first-order valence-electron chi connectivity index (χ1n) is 7.62. The van der Waals surface area contributed by atoms with Crippen molar-refractivity contribution >= 4 is 11.1 Å². The molecule has 4 atom stereocenters. The van der Waals surface area contributed by atoms with E-state index < -0.39 is 11.1 Å². The Hall–Kier alpha value is -0.670. The molecule has 0 amide bonds. The van der Waals surface area contributed by atoms with E-state index in [4.69, 9.17) is 0 Å². The van der Waals surface area contributed by atoms with Crippen molar-refractivity contribution in [2.45, 2.75) is 57.8 Å². The Kier molecular flexibility index (Phi) is 5.03. The lowest BCUT2D eigenvalue weighted by atomic mass is 9.67. The molecular weight excluding hydrogens is 268 g/mol. The highest BCUT2D eigenvalue weighted by Crippen LogP contribution is 2.45. The zero-order valence-electron chi connectivity index (χ0n) is 12.9. The van der Waals surface area contributed by atoms with E-state index in [1.165, 1.54) is 12.8 Å². The maximum Gasteiger partial charge on any atom is 0.187 e.